The molecule has 3 rings (SSSR count). The van der Waals surface area contributed by atoms with Crippen LogP contribution in [0.15, 0.2) is 48.5 Å². The van der Waals surface area contributed by atoms with Gasteiger partial charge in [-0.05, 0) is 50.1 Å². The Hall–Kier alpha value is -3.12. The minimum Gasteiger partial charge on any atom is -0.452 e. The van der Waals surface area contributed by atoms with E-state index in [1.54, 1.807) is 24.6 Å². The van der Waals surface area contributed by atoms with Crippen molar-refractivity contribution in [3.63, 3.8) is 0 Å². The predicted octanol–water partition coefficient (Wildman–Crippen LogP) is 4.31. The van der Waals surface area contributed by atoms with Gasteiger partial charge in [0.05, 0.1) is 17.9 Å². The molecule has 1 aromatic heterocycles. The van der Waals surface area contributed by atoms with Gasteiger partial charge in [0.25, 0.3) is 5.91 Å². The zero-order valence-electron chi connectivity index (χ0n) is 16.5. The number of hydrogen-bond donors (Lipinski definition) is 1. The maximum Gasteiger partial charge on any atom is 0.342 e. The highest BCUT2D eigenvalue weighted by molar-refractivity contribution is 6.31. The first kappa shape index (κ1) is 20.6. The number of hydrogen-bond acceptors (Lipinski definition) is 4. The lowest BCUT2D eigenvalue weighted by Gasteiger charge is -2.08. The van der Waals surface area contributed by atoms with Crippen molar-refractivity contribution >= 4 is 29.2 Å². The molecular formula is C22H22ClN3O3. The lowest BCUT2D eigenvalue weighted by atomic mass is 10.2. The van der Waals surface area contributed by atoms with E-state index in [9.17, 15) is 9.59 Å². The van der Waals surface area contributed by atoms with Gasteiger partial charge in [0.15, 0.2) is 6.61 Å². The van der Waals surface area contributed by atoms with E-state index in [1.165, 1.54) is 0 Å². The van der Waals surface area contributed by atoms with Gasteiger partial charge in [-0.15, -0.1) is 0 Å². The molecule has 150 valence electrons. The van der Waals surface area contributed by atoms with E-state index in [0.29, 0.717) is 34.2 Å². The van der Waals surface area contributed by atoms with Crippen LogP contribution in [0, 0.1) is 20.8 Å². The average Bonchev–Trinajstić information content (AvgIpc) is 2.95. The highest BCUT2D eigenvalue weighted by atomic mass is 35.5. The molecule has 0 spiro atoms. The molecule has 1 heterocycles. The number of nitrogens with one attached hydrogen (secondary N) is 1. The van der Waals surface area contributed by atoms with Crippen molar-refractivity contribution in [3.05, 3.63) is 81.6 Å². The lowest BCUT2D eigenvalue weighted by Crippen LogP contribution is -2.21. The molecule has 0 unspecified atom stereocenters. The second-order valence-corrected chi connectivity index (χ2v) is 7.20. The topological polar surface area (TPSA) is 73.2 Å². The molecule has 0 aliphatic heterocycles. The number of aryl methyl sites for hydroxylation is 2. The first-order valence-corrected chi connectivity index (χ1v) is 9.54. The number of amides is 1. The summed E-state index contributed by atoms with van der Waals surface area (Å²) in [5.74, 6) is -0.979. The SMILES string of the molecule is Cc1cccc(NC(=O)COC(=O)c2c(C)nn(Cc3ccccc3Cl)c2C)c1. The zero-order chi connectivity index (χ0) is 21.0. The molecule has 6 nitrogen and oxygen atoms in total. The molecule has 0 radical (unpaired) electrons. The van der Waals surface area contributed by atoms with Gasteiger partial charge in [-0.2, -0.15) is 5.10 Å². The van der Waals surface area contributed by atoms with E-state index in [2.05, 4.69) is 10.4 Å². The summed E-state index contributed by atoms with van der Waals surface area (Å²) in [7, 11) is 0. The third-order valence-electron chi connectivity index (χ3n) is 4.50. The molecule has 1 N–H and O–H groups in total. The quantitative estimate of drug-likeness (QED) is 0.613. The van der Waals surface area contributed by atoms with E-state index in [1.807, 2.05) is 49.4 Å². The first-order chi connectivity index (χ1) is 13.8. The predicted molar refractivity (Wildman–Crippen MR) is 112 cm³/mol. The van der Waals surface area contributed by atoms with Crippen molar-refractivity contribution in [3.8, 4) is 0 Å². The molecule has 29 heavy (non-hydrogen) atoms. The van der Waals surface area contributed by atoms with Crippen molar-refractivity contribution in [2.75, 3.05) is 11.9 Å². The number of benzene rings is 2. The minimum absolute atomic E-state index is 0.361. The zero-order valence-corrected chi connectivity index (χ0v) is 17.3. The molecule has 0 bridgehead atoms. The summed E-state index contributed by atoms with van der Waals surface area (Å²) < 4.78 is 6.92. The average molecular weight is 412 g/mol. The van der Waals surface area contributed by atoms with Crippen LogP contribution in [0.2, 0.25) is 5.02 Å². The Kier molecular flexibility index (Phi) is 6.34. The van der Waals surface area contributed by atoms with Crippen LogP contribution in [0.4, 0.5) is 5.69 Å². The van der Waals surface area contributed by atoms with Gasteiger partial charge >= 0.3 is 5.97 Å². The fraction of sp³-hybridized carbons (Fsp3) is 0.227. The minimum atomic E-state index is -0.579. The fourth-order valence-corrected chi connectivity index (χ4v) is 3.25. The molecule has 3 aromatic rings. The summed E-state index contributed by atoms with van der Waals surface area (Å²) in [6, 6.07) is 14.9. The molecule has 2 aromatic carbocycles. The number of ether oxygens (including phenoxy) is 1. The molecule has 7 heteroatoms. The Labute approximate surface area is 174 Å². The highest BCUT2D eigenvalue weighted by Gasteiger charge is 2.21. The smallest absolute Gasteiger partial charge is 0.342 e. The number of carbonyl (C=O) groups is 2. The van der Waals surface area contributed by atoms with Crippen LogP contribution in [0.5, 0.6) is 0 Å². The first-order valence-electron chi connectivity index (χ1n) is 9.16. The Morgan fingerprint density at radius 1 is 1.10 bits per heavy atom. The van der Waals surface area contributed by atoms with Crippen LogP contribution in [-0.4, -0.2) is 28.3 Å². The Morgan fingerprint density at radius 3 is 2.59 bits per heavy atom. The number of anilines is 1. The second kappa shape index (κ2) is 8.92. The molecular weight excluding hydrogens is 390 g/mol. The summed E-state index contributed by atoms with van der Waals surface area (Å²) in [6.45, 7) is 5.52. The monoisotopic (exact) mass is 411 g/mol. The van der Waals surface area contributed by atoms with Crippen molar-refractivity contribution in [2.45, 2.75) is 27.3 Å². The summed E-state index contributed by atoms with van der Waals surface area (Å²) in [5.41, 5.74) is 4.14. The molecule has 0 aliphatic carbocycles. The van der Waals surface area contributed by atoms with Crippen molar-refractivity contribution in [1.29, 1.82) is 0 Å². The van der Waals surface area contributed by atoms with Gasteiger partial charge in [0.1, 0.15) is 5.56 Å². The number of esters is 1. The van der Waals surface area contributed by atoms with Crippen molar-refractivity contribution in [2.24, 2.45) is 0 Å². The highest BCUT2D eigenvalue weighted by Crippen LogP contribution is 2.20. The number of nitrogens with zero attached hydrogens (tertiary/aromatic N) is 2. The normalized spacial score (nSPS) is 10.6. The summed E-state index contributed by atoms with van der Waals surface area (Å²) in [5, 5.41) is 7.78. The van der Waals surface area contributed by atoms with E-state index in [0.717, 1.165) is 11.1 Å². The maximum atomic E-state index is 12.5. The Morgan fingerprint density at radius 2 is 1.86 bits per heavy atom. The van der Waals surface area contributed by atoms with Gasteiger partial charge in [0, 0.05) is 10.7 Å². The number of aromatic nitrogens is 2. The molecule has 1 amide bonds. The van der Waals surface area contributed by atoms with Gasteiger partial charge < -0.3 is 10.1 Å². The molecule has 0 saturated carbocycles. The van der Waals surface area contributed by atoms with Crippen LogP contribution >= 0.6 is 11.6 Å². The Bertz CT molecular complexity index is 1060. The van der Waals surface area contributed by atoms with Gasteiger partial charge in [0.2, 0.25) is 0 Å². The summed E-state index contributed by atoms with van der Waals surface area (Å²) in [6.07, 6.45) is 0. The van der Waals surface area contributed by atoms with Crippen LogP contribution in [-0.2, 0) is 16.1 Å². The lowest BCUT2D eigenvalue weighted by molar-refractivity contribution is -0.119. The van der Waals surface area contributed by atoms with E-state index in [4.69, 9.17) is 16.3 Å². The van der Waals surface area contributed by atoms with Crippen LogP contribution < -0.4 is 5.32 Å². The van der Waals surface area contributed by atoms with E-state index >= 15 is 0 Å². The van der Waals surface area contributed by atoms with Crippen molar-refractivity contribution < 1.29 is 14.3 Å². The second-order valence-electron chi connectivity index (χ2n) is 6.79. The summed E-state index contributed by atoms with van der Waals surface area (Å²) >= 11 is 6.22. The molecule has 0 atom stereocenters. The number of halogens is 1. The largest absolute Gasteiger partial charge is 0.452 e. The number of carbonyl (C=O) groups excluding carboxylic acids is 2. The number of rotatable bonds is 6. The van der Waals surface area contributed by atoms with Gasteiger partial charge in [-0.25, -0.2) is 4.79 Å². The van der Waals surface area contributed by atoms with E-state index < -0.39 is 11.9 Å². The van der Waals surface area contributed by atoms with Crippen LogP contribution in [0.3, 0.4) is 0 Å². The maximum absolute atomic E-state index is 12.5. The van der Waals surface area contributed by atoms with Gasteiger partial charge in [-0.1, -0.05) is 41.9 Å². The Balaban J connectivity index is 1.65. The third-order valence-corrected chi connectivity index (χ3v) is 4.87. The molecule has 0 fully saturated rings. The van der Waals surface area contributed by atoms with Crippen LogP contribution in [0.25, 0.3) is 0 Å². The molecule has 0 saturated heterocycles. The fourth-order valence-electron chi connectivity index (χ4n) is 3.06. The third kappa shape index (κ3) is 5.03. The standard InChI is InChI=1S/C22H22ClN3O3/c1-14-7-6-9-18(11-14)24-20(27)13-29-22(28)21-15(2)25-26(16(21)3)12-17-8-4-5-10-19(17)23/h4-11H,12-13H2,1-3H3,(H,24,27). The van der Waals surface area contributed by atoms with Gasteiger partial charge in [-0.3, -0.25) is 9.48 Å². The van der Waals surface area contributed by atoms with Crippen LogP contribution in [0.1, 0.15) is 32.9 Å². The van der Waals surface area contributed by atoms with Crippen molar-refractivity contribution in [1.82, 2.24) is 9.78 Å². The summed E-state index contributed by atoms with van der Waals surface area (Å²) in [4.78, 5) is 24.6. The van der Waals surface area contributed by atoms with E-state index in [-0.39, 0.29) is 6.61 Å². The molecule has 0 aliphatic rings.